The zero-order valence-corrected chi connectivity index (χ0v) is 15.2. The number of hydrogen-bond acceptors (Lipinski definition) is 2. The molecule has 2 aliphatic carbocycles. The molecule has 0 unspecified atom stereocenters. The van der Waals surface area contributed by atoms with E-state index in [0.29, 0.717) is 16.7 Å². The molecule has 4 atom stereocenters. The van der Waals surface area contributed by atoms with Gasteiger partial charge < -0.3 is 9.15 Å². The zero-order chi connectivity index (χ0) is 16.7. The molecular weight excluding hydrogens is 284 g/mol. The average Bonchev–Trinajstić information content (AvgIpc) is 3.00. The van der Waals surface area contributed by atoms with Gasteiger partial charge in [-0.2, -0.15) is 0 Å². The Kier molecular flexibility index (Phi) is 4.48. The molecule has 2 nitrogen and oxygen atoms in total. The molecule has 0 bridgehead atoms. The van der Waals surface area contributed by atoms with Crippen molar-refractivity contribution < 1.29 is 9.15 Å². The Morgan fingerprint density at radius 2 is 2.13 bits per heavy atom. The summed E-state index contributed by atoms with van der Waals surface area (Å²) in [6, 6.07) is 2.03. The molecule has 1 heterocycles. The SMILES string of the molecule is C=C1CC[C@H]2C(C)(C)CCC[C@]2(C)[C@H]1C[C@@H](OC)c1ccoc1. The summed E-state index contributed by atoms with van der Waals surface area (Å²) in [5.41, 5.74) is 3.40. The van der Waals surface area contributed by atoms with Crippen molar-refractivity contribution in [2.24, 2.45) is 22.7 Å². The molecule has 0 N–H and O–H groups in total. The Morgan fingerprint density at radius 1 is 1.35 bits per heavy atom. The maximum Gasteiger partial charge on any atom is 0.0960 e. The Labute approximate surface area is 141 Å². The van der Waals surface area contributed by atoms with Crippen LogP contribution in [0.4, 0.5) is 0 Å². The van der Waals surface area contributed by atoms with E-state index in [2.05, 4.69) is 27.4 Å². The summed E-state index contributed by atoms with van der Waals surface area (Å²) in [5.74, 6) is 1.33. The van der Waals surface area contributed by atoms with Crippen LogP contribution in [0, 0.1) is 22.7 Å². The quantitative estimate of drug-likeness (QED) is 0.621. The molecule has 2 aliphatic rings. The molecule has 23 heavy (non-hydrogen) atoms. The number of fused-ring (bicyclic) bond motifs is 1. The van der Waals surface area contributed by atoms with Crippen LogP contribution in [-0.2, 0) is 4.74 Å². The van der Waals surface area contributed by atoms with Crippen LogP contribution in [0.1, 0.15) is 71.0 Å². The van der Waals surface area contributed by atoms with E-state index >= 15 is 0 Å². The Morgan fingerprint density at radius 3 is 2.78 bits per heavy atom. The van der Waals surface area contributed by atoms with Crippen LogP contribution in [0.5, 0.6) is 0 Å². The number of ether oxygens (including phenoxy) is 1. The molecule has 128 valence electrons. The third-order valence-corrected chi connectivity index (χ3v) is 6.97. The lowest BCUT2D eigenvalue weighted by Crippen LogP contribution is -2.49. The highest BCUT2D eigenvalue weighted by Gasteiger charge is 2.53. The van der Waals surface area contributed by atoms with Crippen molar-refractivity contribution in [3.8, 4) is 0 Å². The van der Waals surface area contributed by atoms with Crippen LogP contribution in [0.3, 0.4) is 0 Å². The van der Waals surface area contributed by atoms with Crippen molar-refractivity contribution in [2.45, 2.75) is 65.4 Å². The number of rotatable bonds is 4. The molecule has 1 aromatic rings. The smallest absolute Gasteiger partial charge is 0.0960 e. The summed E-state index contributed by atoms with van der Waals surface area (Å²) < 4.78 is 11.1. The molecule has 2 heteroatoms. The van der Waals surface area contributed by atoms with E-state index in [1.165, 1.54) is 37.7 Å². The van der Waals surface area contributed by atoms with Crippen LogP contribution in [0.15, 0.2) is 35.2 Å². The molecule has 0 amide bonds. The van der Waals surface area contributed by atoms with Gasteiger partial charge in [-0.15, -0.1) is 0 Å². The first kappa shape index (κ1) is 16.8. The van der Waals surface area contributed by atoms with Crippen LogP contribution < -0.4 is 0 Å². The molecule has 0 radical (unpaired) electrons. The molecule has 0 saturated heterocycles. The fourth-order valence-electron chi connectivity index (χ4n) is 5.75. The van der Waals surface area contributed by atoms with Crippen LogP contribution >= 0.6 is 0 Å². The Balaban J connectivity index is 1.88. The topological polar surface area (TPSA) is 22.4 Å². The summed E-state index contributed by atoms with van der Waals surface area (Å²) >= 11 is 0. The molecule has 0 aliphatic heterocycles. The van der Waals surface area contributed by atoms with Gasteiger partial charge in [0, 0.05) is 12.7 Å². The third-order valence-electron chi connectivity index (χ3n) is 6.97. The summed E-state index contributed by atoms with van der Waals surface area (Å²) in [4.78, 5) is 0. The number of allylic oxidation sites excluding steroid dienone is 1. The predicted molar refractivity (Wildman–Crippen MR) is 94.2 cm³/mol. The van der Waals surface area contributed by atoms with Crippen molar-refractivity contribution in [3.63, 3.8) is 0 Å². The number of hydrogen-bond donors (Lipinski definition) is 0. The maximum atomic E-state index is 5.82. The molecule has 2 fully saturated rings. The normalized spacial score (nSPS) is 34.9. The molecule has 0 spiro atoms. The highest BCUT2D eigenvalue weighted by atomic mass is 16.5. The number of furan rings is 1. The standard InChI is InChI=1S/C21H32O2/c1-15-7-8-19-20(2,3)10-6-11-21(19,4)17(15)13-18(22-5)16-9-12-23-14-16/h9,12,14,17-19H,1,6-8,10-11,13H2,2-5H3/t17-,18+,19-,21+/m0/s1. The lowest BCUT2D eigenvalue weighted by Gasteiger charge is -2.58. The Bertz CT molecular complexity index is 542. The largest absolute Gasteiger partial charge is 0.472 e. The Hall–Kier alpha value is -1.02. The van der Waals surface area contributed by atoms with E-state index in [0.717, 1.165) is 17.9 Å². The van der Waals surface area contributed by atoms with Crippen molar-refractivity contribution in [3.05, 3.63) is 36.3 Å². The molecule has 0 aromatic carbocycles. The van der Waals surface area contributed by atoms with Crippen LogP contribution in [-0.4, -0.2) is 7.11 Å². The van der Waals surface area contributed by atoms with Crippen molar-refractivity contribution in [1.29, 1.82) is 0 Å². The highest BCUT2D eigenvalue weighted by molar-refractivity contribution is 5.18. The fourth-order valence-corrected chi connectivity index (χ4v) is 5.75. The third kappa shape index (κ3) is 2.91. The summed E-state index contributed by atoms with van der Waals surface area (Å²) in [6.07, 6.45) is 11.2. The fraction of sp³-hybridized carbons (Fsp3) is 0.714. The van der Waals surface area contributed by atoms with Gasteiger partial charge in [-0.05, 0) is 60.8 Å². The predicted octanol–water partition coefficient (Wildman–Crippen LogP) is 6.16. The van der Waals surface area contributed by atoms with Gasteiger partial charge in [0.25, 0.3) is 0 Å². The second-order valence-corrected chi connectivity index (χ2v) is 8.67. The van der Waals surface area contributed by atoms with E-state index in [1.54, 1.807) is 6.26 Å². The summed E-state index contributed by atoms with van der Waals surface area (Å²) in [5, 5.41) is 0. The zero-order valence-electron chi connectivity index (χ0n) is 15.2. The second-order valence-electron chi connectivity index (χ2n) is 8.67. The molecular formula is C21H32O2. The van der Waals surface area contributed by atoms with Crippen molar-refractivity contribution >= 4 is 0 Å². The van der Waals surface area contributed by atoms with E-state index in [-0.39, 0.29) is 6.10 Å². The maximum absolute atomic E-state index is 5.82. The number of methoxy groups -OCH3 is 1. The minimum absolute atomic E-state index is 0.108. The van der Waals surface area contributed by atoms with Gasteiger partial charge in [0.15, 0.2) is 0 Å². The van der Waals surface area contributed by atoms with Crippen molar-refractivity contribution in [1.82, 2.24) is 0 Å². The molecule has 2 saturated carbocycles. The monoisotopic (exact) mass is 316 g/mol. The minimum atomic E-state index is 0.108. The second kappa shape index (κ2) is 6.12. The molecule has 1 aromatic heterocycles. The highest BCUT2D eigenvalue weighted by Crippen LogP contribution is 2.62. The first-order chi connectivity index (χ1) is 10.9. The van der Waals surface area contributed by atoms with Gasteiger partial charge in [-0.3, -0.25) is 0 Å². The lowest BCUT2D eigenvalue weighted by molar-refractivity contribution is -0.0672. The minimum Gasteiger partial charge on any atom is -0.472 e. The van der Waals surface area contributed by atoms with E-state index < -0.39 is 0 Å². The van der Waals surface area contributed by atoms with Crippen LogP contribution in [0.2, 0.25) is 0 Å². The van der Waals surface area contributed by atoms with Gasteiger partial charge >= 0.3 is 0 Å². The van der Waals surface area contributed by atoms with E-state index in [4.69, 9.17) is 9.15 Å². The van der Waals surface area contributed by atoms with E-state index in [9.17, 15) is 0 Å². The van der Waals surface area contributed by atoms with Crippen LogP contribution in [0.25, 0.3) is 0 Å². The first-order valence-electron chi connectivity index (χ1n) is 9.11. The summed E-state index contributed by atoms with van der Waals surface area (Å²) in [6.45, 7) is 11.9. The lowest BCUT2D eigenvalue weighted by atomic mass is 9.47. The van der Waals surface area contributed by atoms with E-state index in [1.807, 2.05) is 19.4 Å². The van der Waals surface area contributed by atoms with Gasteiger partial charge in [0.05, 0.1) is 18.6 Å². The van der Waals surface area contributed by atoms with Gasteiger partial charge in [-0.1, -0.05) is 39.3 Å². The van der Waals surface area contributed by atoms with Gasteiger partial charge in [-0.25, -0.2) is 0 Å². The van der Waals surface area contributed by atoms with Gasteiger partial charge in [0.2, 0.25) is 0 Å². The first-order valence-corrected chi connectivity index (χ1v) is 9.11. The summed E-state index contributed by atoms with van der Waals surface area (Å²) in [7, 11) is 1.81. The van der Waals surface area contributed by atoms with Gasteiger partial charge in [0.1, 0.15) is 0 Å². The molecule has 3 rings (SSSR count). The average molecular weight is 316 g/mol. The van der Waals surface area contributed by atoms with Crippen molar-refractivity contribution in [2.75, 3.05) is 7.11 Å².